The van der Waals surface area contributed by atoms with E-state index >= 15 is 0 Å². The number of methoxy groups -OCH3 is 1. The van der Waals surface area contributed by atoms with Crippen LogP contribution in [-0.4, -0.2) is 7.11 Å². The van der Waals surface area contributed by atoms with E-state index in [1.54, 1.807) is 7.11 Å². The van der Waals surface area contributed by atoms with Gasteiger partial charge in [0.05, 0.1) is 18.5 Å². The maximum atomic E-state index is 5.98. The molecule has 2 rings (SSSR count). The van der Waals surface area contributed by atoms with Gasteiger partial charge in [-0.05, 0) is 49.2 Å². The third-order valence-corrected chi connectivity index (χ3v) is 2.76. The lowest BCUT2D eigenvalue weighted by molar-refractivity contribution is 0.415. The number of nitrogen functional groups attached to an aromatic ring is 1. The number of nitrogens with two attached hydrogens (primary N) is 1. The van der Waals surface area contributed by atoms with E-state index in [0.29, 0.717) is 5.69 Å². The normalized spacial score (nSPS) is 10.2. The summed E-state index contributed by atoms with van der Waals surface area (Å²) in [6.45, 7) is 4.16. The lowest BCUT2D eigenvalue weighted by Gasteiger charge is -2.12. The molecule has 0 aliphatic heterocycles. The Labute approximate surface area is 108 Å². The molecule has 0 aromatic heterocycles. The highest BCUT2D eigenvalue weighted by Crippen LogP contribution is 2.27. The molecule has 0 saturated heterocycles. The lowest BCUT2D eigenvalue weighted by Crippen LogP contribution is -1.97. The number of nitrogens with one attached hydrogen (secondary N) is 1. The fraction of sp³-hybridized carbons (Fsp3) is 0.200. The summed E-state index contributed by atoms with van der Waals surface area (Å²) in [4.78, 5) is 0. The predicted octanol–water partition coefficient (Wildman–Crippen LogP) is 3.64. The van der Waals surface area contributed by atoms with Gasteiger partial charge in [-0.2, -0.15) is 0 Å². The highest BCUT2D eigenvalue weighted by molar-refractivity contribution is 5.74. The van der Waals surface area contributed by atoms with Crippen LogP contribution in [0.2, 0.25) is 0 Å². The second-order valence-corrected chi connectivity index (χ2v) is 4.45. The molecule has 0 saturated carbocycles. The molecule has 3 heteroatoms. The summed E-state index contributed by atoms with van der Waals surface area (Å²) in [6.07, 6.45) is 0. The van der Waals surface area contributed by atoms with Gasteiger partial charge in [-0.25, -0.2) is 0 Å². The Balaban J connectivity index is 2.28. The van der Waals surface area contributed by atoms with E-state index in [2.05, 4.69) is 37.4 Å². The minimum Gasteiger partial charge on any atom is -0.497 e. The summed E-state index contributed by atoms with van der Waals surface area (Å²) in [5.74, 6) is 0.762. The van der Waals surface area contributed by atoms with E-state index in [4.69, 9.17) is 10.5 Å². The van der Waals surface area contributed by atoms with Crippen LogP contribution in [0.1, 0.15) is 11.1 Å². The molecule has 0 fully saturated rings. The third kappa shape index (κ3) is 2.74. The minimum atomic E-state index is 0.675. The van der Waals surface area contributed by atoms with Crippen molar-refractivity contribution in [3.8, 4) is 5.75 Å². The smallest absolute Gasteiger partial charge is 0.121 e. The highest BCUT2D eigenvalue weighted by atomic mass is 16.5. The second-order valence-electron chi connectivity index (χ2n) is 4.45. The molecule has 94 valence electrons. The van der Waals surface area contributed by atoms with Gasteiger partial charge < -0.3 is 15.8 Å². The van der Waals surface area contributed by atoms with Gasteiger partial charge in [-0.1, -0.05) is 6.07 Å². The Kier molecular flexibility index (Phi) is 3.42. The van der Waals surface area contributed by atoms with E-state index in [1.165, 1.54) is 11.1 Å². The molecule has 2 aromatic rings. The molecule has 0 unspecified atom stereocenters. The Bertz CT molecular complexity index is 544. The van der Waals surface area contributed by atoms with Crippen molar-refractivity contribution < 1.29 is 4.74 Å². The first-order valence-electron chi connectivity index (χ1n) is 5.87. The number of anilines is 3. The zero-order chi connectivity index (χ0) is 13.1. The van der Waals surface area contributed by atoms with E-state index in [-0.39, 0.29) is 0 Å². The molecule has 0 aliphatic carbocycles. The fourth-order valence-corrected chi connectivity index (χ4v) is 1.98. The van der Waals surface area contributed by atoms with Gasteiger partial charge in [0.2, 0.25) is 0 Å². The summed E-state index contributed by atoms with van der Waals surface area (Å²) in [6, 6.07) is 12.0. The second kappa shape index (κ2) is 5.00. The van der Waals surface area contributed by atoms with E-state index < -0.39 is 0 Å². The average molecular weight is 242 g/mol. The van der Waals surface area contributed by atoms with Crippen LogP contribution >= 0.6 is 0 Å². The SMILES string of the molecule is COc1ccc(Nc2cc(C)cc(C)c2)c(N)c1. The Morgan fingerprint density at radius 2 is 1.67 bits per heavy atom. The number of hydrogen-bond donors (Lipinski definition) is 2. The third-order valence-electron chi connectivity index (χ3n) is 2.76. The highest BCUT2D eigenvalue weighted by Gasteiger charge is 2.02. The summed E-state index contributed by atoms with van der Waals surface area (Å²) >= 11 is 0. The number of aryl methyl sites for hydroxylation is 2. The van der Waals surface area contributed by atoms with Crippen molar-refractivity contribution in [2.75, 3.05) is 18.2 Å². The zero-order valence-electron chi connectivity index (χ0n) is 10.9. The van der Waals surface area contributed by atoms with Gasteiger partial charge in [-0.3, -0.25) is 0 Å². The summed E-state index contributed by atoms with van der Waals surface area (Å²) < 4.78 is 5.13. The molecule has 0 spiro atoms. The van der Waals surface area contributed by atoms with Gasteiger partial charge in [0.15, 0.2) is 0 Å². The van der Waals surface area contributed by atoms with Crippen LogP contribution in [-0.2, 0) is 0 Å². The van der Waals surface area contributed by atoms with Gasteiger partial charge in [0.25, 0.3) is 0 Å². The molecule has 0 atom stereocenters. The lowest BCUT2D eigenvalue weighted by atomic mass is 10.1. The van der Waals surface area contributed by atoms with Crippen LogP contribution in [0, 0.1) is 13.8 Å². The standard InChI is InChI=1S/C15H18N2O/c1-10-6-11(2)8-12(7-10)17-15-5-4-13(18-3)9-14(15)16/h4-9,17H,16H2,1-3H3. The van der Waals surface area contributed by atoms with Crippen molar-refractivity contribution in [3.63, 3.8) is 0 Å². The van der Waals surface area contributed by atoms with Gasteiger partial charge in [-0.15, -0.1) is 0 Å². The van der Waals surface area contributed by atoms with Crippen molar-refractivity contribution in [1.29, 1.82) is 0 Å². The van der Waals surface area contributed by atoms with E-state index in [0.717, 1.165) is 17.1 Å². The van der Waals surface area contributed by atoms with Crippen molar-refractivity contribution in [2.24, 2.45) is 0 Å². The molecule has 0 bridgehead atoms. The van der Waals surface area contributed by atoms with Gasteiger partial charge >= 0.3 is 0 Å². The van der Waals surface area contributed by atoms with Crippen LogP contribution in [0.4, 0.5) is 17.1 Å². The number of ether oxygens (including phenoxy) is 1. The first-order chi connectivity index (χ1) is 8.58. The van der Waals surface area contributed by atoms with Crippen LogP contribution < -0.4 is 15.8 Å². The van der Waals surface area contributed by atoms with Crippen molar-refractivity contribution in [1.82, 2.24) is 0 Å². The van der Waals surface area contributed by atoms with Gasteiger partial charge in [0.1, 0.15) is 5.75 Å². The first kappa shape index (κ1) is 12.3. The van der Waals surface area contributed by atoms with Crippen molar-refractivity contribution in [2.45, 2.75) is 13.8 Å². The Hall–Kier alpha value is -2.16. The first-order valence-corrected chi connectivity index (χ1v) is 5.87. The Morgan fingerprint density at radius 3 is 2.22 bits per heavy atom. The van der Waals surface area contributed by atoms with Crippen LogP contribution in [0.3, 0.4) is 0 Å². The van der Waals surface area contributed by atoms with Gasteiger partial charge in [0, 0.05) is 11.8 Å². The fourth-order valence-electron chi connectivity index (χ4n) is 1.98. The minimum absolute atomic E-state index is 0.675. The molecular weight excluding hydrogens is 224 g/mol. The maximum Gasteiger partial charge on any atom is 0.121 e. The van der Waals surface area contributed by atoms with Crippen LogP contribution in [0.5, 0.6) is 5.75 Å². The molecule has 3 N–H and O–H groups in total. The zero-order valence-corrected chi connectivity index (χ0v) is 10.9. The molecule has 0 heterocycles. The number of rotatable bonds is 3. The monoisotopic (exact) mass is 242 g/mol. The molecule has 0 amide bonds. The summed E-state index contributed by atoms with van der Waals surface area (Å²) in [7, 11) is 1.63. The van der Waals surface area contributed by atoms with Crippen LogP contribution in [0.25, 0.3) is 0 Å². The number of hydrogen-bond acceptors (Lipinski definition) is 3. The Morgan fingerprint density at radius 1 is 1.00 bits per heavy atom. The molecule has 2 aromatic carbocycles. The van der Waals surface area contributed by atoms with E-state index in [1.807, 2.05) is 18.2 Å². The van der Waals surface area contributed by atoms with E-state index in [9.17, 15) is 0 Å². The predicted molar refractivity (Wildman–Crippen MR) is 76.6 cm³/mol. The van der Waals surface area contributed by atoms with Crippen molar-refractivity contribution in [3.05, 3.63) is 47.5 Å². The largest absolute Gasteiger partial charge is 0.497 e. The number of benzene rings is 2. The maximum absolute atomic E-state index is 5.98. The van der Waals surface area contributed by atoms with Crippen LogP contribution in [0.15, 0.2) is 36.4 Å². The average Bonchev–Trinajstić information content (AvgIpc) is 2.30. The molecule has 0 radical (unpaired) electrons. The molecular formula is C15H18N2O. The quantitative estimate of drug-likeness (QED) is 0.808. The summed E-state index contributed by atoms with van der Waals surface area (Å²) in [5, 5.41) is 3.32. The van der Waals surface area contributed by atoms with Crippen molar-refractivity contribution >= 4 is 17.1 Å². The summed E-state index contributed by atoms with van der Waals surface area (Å²) in [5.41, 5.74) is 11.0. The topological polar surface area (TPSA) is 47.3 Å². The molecule has 3 nitrogen and oxygen atoms in total. The molecule has 0 aliphatic rings. The molecule has 18 heavy (non-hydrogen) atoms.